The van der Waals surface area contributed by atoms with Crippen LogP contribution in [0.5, 0.6) is 5.75 Å². The summed E-state index contributed by atoms with van der Waals surface area (Å²) in [5.74, 6) is -0.180. The van der Waals surface area contributed by atoms with E-state index in [2.05, 4.69) is 15.4 Å². The molecule has 9 heteroatoms. The maximum atomic E-state index is 12.4. The fourth-order valence-electron chi connectivity index (χ4n) is 2.33. The second-order valence-electron chi connectivity index (χ2n) is 5.03. The minimum atomic E-state index is -3.78. The molecule has 7 nitrogen and oxygen atoms in total. The summed E-state index contributed by atoms with van der Waals surface area (Å²) in [7, 11) is -2.33. The van der Waals surface area contributed by atoms with Gasteiger partial charge >= 0.3 is 0 Å². The van der Waals surface area contributed by atoms with Gasteiger partial charge in [0.25, 0.3) is 5.91 Å². The number of halogens is 1. The molecule has 0 saturated heterocycles. The molecule has 0 aliphatic carbocycles. The minimum Gasteiger partial charge on any atom is -0.495 e. The van der Waals surface area contributed by atoms with E-state index in [4.69, 9.17) is 16.3 Å². The summed E-state index contributed by atoms with van der Waals surface area (Å²) in [6.07, 6.45) is -1.16. The molecular formula is C15H14ClN3O4S. The van der Waals surface area contributed by atoms with Gasteiger partial charge in [-0.25, -0.2) is 8.42 Å². The fourth-order valence-corrected chi connectivity index (χ4v) is 3.78. The average molecular weight is 368 g/mol. The van der Waals surface area contributed by atoms with Crippen LogP contribution in [0, 0.1) is 0 Å². The zero-order valence-electron chi connectivity index (χ0n) is 12.5. The lowest BCUT2D eigenvalue weighted by Gasteiger charge is -2.27. The summed E-state index contributed by atoms with van der Waals surface area (Å²) in [5, 5.41) is 5.86. The maximum Gasteiger partial charge on any atom is 0.263 e. The van der Waals surface area contributed by atoms with E-state index in [1.54, 1.807) is 30.3 Å². The van der Waals surface area contributed by atoms with Gasteiger partial charge < -0.3 is 15.4 Å². The molecule has 1 atom stereocenters. The Morgan fingerprint density at radius 3 is 2.75 bits per heavy atom. The molecule has 24 heavy (non-hydrogen) atoms. The number of carbonyl (C=O) groups excluding carboxylic acids is 1. The summed E-state index contributed by atoms with van der Waals surface area (Å²) in [6, 6.07) is 11.1. The third kappa shape index (κ3) is 3.16. The lowest BCUT2D eigenvalue weighted by atomic mass is 10.2. The van der Waals surface area contributed by atoms with E-state index in [0.29, 0.717) is 22.1 Å². The number of anilines is 2. The lowest BCUT2D eigenvalue weighted by Crippen LogP contribution is -2.51. The summed E-state index contributed by atoms with van der Waals surface area (Å²) in [5.41, 5.74) is 0.698. The number of para-hydroxylation sites is 1. The van der Waals surface area contributed by atoms with Crippen molar-refractivity contribution in [3.05, 3.63) is 47.5 Å². The maximum absolute atomic E-state index is 12.4. The molecule has 0 saturated carbocycles. The Kier molecular flexibility index (Phi) is 4.35. The molecule has 1 aliphatic heterocycles. The van der Waals surface area contributed by atoms with Crippen LogP contribution in [-0.4, -0.2) is 27.6 Å². The van der Waals surface area contributed by atoms with Crippen LogP contribution < -0.4 is 20.1 Å². The van der Waals surface area contributed by atoms with E-state index in [-0.39, 0.29) is 4.90 Å². The third-order valence-electron chi connectivity index (χ3n) is 3.43. The lowest BCUT2D eigenvalue weighted by molar-refractivity contribution is -0.117. The predicted octanol–water partition coefficient (Wildman–Crippen LogP) is 2.02. The third-order valence-corrected chi connectivity index (χ3v) is 5.15. The first-order valence-corrected chi connectivity index (χ1v) is 8.79. The Morgan fingerprint density at radius 2 is 2.00 bits per heavy atom. The molecule has 0 bridgehead atoms. The van der Waals surface area contributed by atoms with Crippen molar-refractivity contribution in [2.75, 3.05) is 17.7 Å². The van der Waals surface area contributed by atoms with Crippen molar-refractivity contribution in [1.82, 2.24) is 4.72 Å². The molecule has 3 N–H and O–H groups in total. The summed E-state index contributed by atoms with van der Waals surface area (Å²) in [6.45, 7) is 0. The minimum absolute atomic E-state index is 0.0920. The molecule has 1 aliphatic rings. The molecule has 0 aromatic heterocycles. The smallest absolute Gasteiger partial charge is 0.263 e. The Labute approximate surface area is 144 Å². The van der Waals surface area contributed by atoms with Crippen LogP contribution in [-0.2, 0) is 14.8 Å². The molecular weight excluding hydrogens is 354 g/mol. The number of hydrogen-bond donors (Lipinski definition) is 3. The zero-order chi connectivity index (χ0) is 17.3. The van der Waals surface area contributed by atoms with Crippen molar-refractivity contribution in [2.24, 2.45) is 0 Å². The van der Waals surface area contributed by atoms with Crippen molar-refractivity contribution < 1.29 is 17.9 Å². The molecule has 0 fully saturated rings. The molecule has 0 radical (unpaired) electrons. The number of carbonyl (C=O) groups is 1. The average Bonchev–Trinajstić information content (AvgIpc) is 2.54. The number of fused-ring (bicyclic) bond motifs is 1. The monoisotopic (exact) mass is 367 g/mol. The van der Waals surface area contributed by atoms with Crippen LogP contribution in [0.25, 0.3) is 0 Å². The van der Waals surface area contributed by atoms with Gasteiger partial charge in [-0.2, -0.15) is 4.72 Å². The molecule has 1 heterocycles. The van der Waals surface area contributed by atoms with Gasteiger partial charge in [-0.1, -0.05) is 23.7 Å². The molecule has 126 valence electrons. The van der Waals surface area contributed by atoms with Crippen molar-refractivity contribution in [3.63, 3.8) is 0 Å². The van der Waals surface area contributed by atoms with Crippen LogP contribution >= 0.6 is 11.6 Å². The molecule has 0 unspecified atom stereocenters. The van der Waals surface area contributed by atoms with Gasteiger partial charge in [0.15, 0.2) is 6.17 Å². The normalized spacial score (nSPS) is 18.2. The SMILES string of the molecule is COc1ccc(Cl)cc1NC(=O)[C@@H]1Nc2ccccc2S(=O)(=O)N1. The molecule has 2 aromatic rings. The van der Waals surface area contributed by atoms with E-state index in [1.165, 1.54) is 19.2 Å². The second kappa shape index (κ2) is 6.31. The standard InChI is InChI=1S/C15H14ClN3O4S/c1-23-12-7-6-9(16)8-11(12)18-15(20)14-17-10-4-2-3-5-13(10)24(21,22)19-14/h2-8,14,17,19H,1H3,(H,18,20)/t14-/m1/s1. The Balaban J connectivity index is 1.86. The van der Waals surface area contributed by atoms with E-state index in [9.17, 15) is 13.2 Å². The van der Waals surface area contributed by atoms with E-state index < -0.39 is 22.1 Å². The fraction of sp³-hybridized carbons (Fsp3) is 0.133. The van der Waals surface area contributed by atoms with Gasteiger partial charge in [-0.15, -0.1) is 0 Å². The van der Waals surface area contributed by atoms with Gasteiger partial charge in [0, 0.05) is 5.02 Å². The van der Waals surface area contributed by atoms with E-state index in [0.717, 1.165) is 0 Å². The van der Waals surface area contributed by atoms with Crippen molar-refractivity contribution in [2.45, 2.75) is 11.1 Å². The van der Waals surface area contributed by atoms with Gasteiger partial charge in [0.1, 0.15) is 10.6 Å². The van der Waals surface area contributed by atoms with E-state index >= 15 is 0 Å². The highest BCUT2D eigenvalue weighted by Gasteiger charge is 2.33. The summed E-state index contributed by atoms with van der Waals surface area (Å²) >= 11 is 5.92. The Hall–Kier alpha value is -2.29. The number of rotatable bonds is 3. The number of amides is 1. The second-order valence-corrected chi connectivity index (χ2v) is 7.15. The number of methoxy groups -OCH3 is 1. The van der Waals surface area contributed by atoms with E-state index in [1.807, 2.05) is 0 Å². The van der Waals surface area contributed by atoms with Gasteiger partial charge in [0.05, 0.1) is 18.5 Å². The molecule has 1 amide bonds. The van der Waals surface area contributed by atoms with Gasteiger partial charge in [-0.05, 0) is 30.3 Å². The number of nitrogens with one attached hydrogen (secondary N) is 3. The summed E-state index contributed by atoms with van der Waals surface area (Å²) < 4.78 is 31.9. The Bertz CT molecular complexity index is 901. The van der Waals surface area contributed by atoms with Crippen LogP contribution in [0.3, 0.4) is 0 Å². The molecule has 3 rings (SSSR count). The molecule has 2 aromatic carbocycles. The quantitative estimate of drug-likeness (QED) is 0.771. The highest BCUT2D eigenvalue weighted by Crippen LogP contribution is 2.29. The largest absolute Gasteiger partial charge is 0.495 e. The Morgan fingerprint density at radius 1 is 1.25 bits per heavy atom. The van der Waals surface area contributed by atoms with Crippen LogP contribution in [0.1, 0.15) is 0 Å². The predicted molar refractivity (Wildman–Crippen MR) is 90.8 cm³/mol. The number of hydrogen-bond acceptors (Lipinski definition) is 5. The van der Waals surface area contributed by atoms with Gasteiger partial charge in [-0.3, -0.25) is 4.79 Å². The van der Waals surface area contributed by atoms with Crippen molar-refractivity contribution >= 4 is 38.9 Å². The molecule has 0 spiro atoms. The first kappa shape index (κ1) is 16.6. The van der Waals surface area contributed by atoms with Crippen molar-refractivity contribution in [3.8, 4) is 5.75 Å². The first-order chi connectivity index (χ1) is 11.4. The van der Waals surface area contributed by atoms with Crippen molar-refractivity contribution in [1.29, 1.82) is 0 Å². The van der Waals surface area contributed by atoms with Crippen LogP contribution in [0.4, 0.5) is 11.4 Å². The highest BCUT2D eigenvalue weighted by atomic mass is 35.5. The summed E-state index contributed by atoms with van der Waals surface area (Å²) in [4.78, 5) is 12.5. The number of sulfonamides is 1. The zero-order valence-corrected chi connectivity index (χ0v) is 14.1. The highest BCUT2D eigenvalue weighted by molar-refractivity contribution is 7.89. The number of ether oxygens (including phenoxy) is 1. The van der Waals surface area contributed by atoms with Crippen LogP contribution in [0.2, 0.25) is 5.02 Å². The topological polar surface area (TPSA) is 96.5 Å². The van der Waals surface area contributed by atoms with Gasteiger partial charge in [0.2, 0.25) is 10.0 Å². The number of benzene rings is 2. The first-order valence-electron chi connectivity index (χ1n) is 6.93. The van der Waals surface area contributed by atoms with Crippen LogP contribution in [0.15, 0.2) is 47.4 Å².